The number of ether oxygens (including phenoxy) is 2. The summed E-state index contributed by atoms with van der Waals surface area (Å²) in [6, 6.07) is 12.1. The number of carbonyl (C=O) groups is 2. The van der Waals surface area contributed by atoms with E-state index in [4.69, 9.17) is 9.47 Å². The highest BCUT2D eigenvalue weighted by atomic mass is 32.2. The molecule has 3 rings (SSSR count). The van der Waals surface area contributed by atoms with E-state index in [9.17, 15) is 18.0 Å². The number of benzene rings is 2. The number of amides is 2. The lowest BCUT2D eigenvalue weighted by molar-refractivity contribution is -0.140. The van der Waals surface area contributed by atoms with Gasteiger partial charge in [0.05, 0.1) is 11.9 Å². The third-order valence-corrected chi connectivity index (χ3v) is 7.28. The van der Waals surface area contributed by atoms with Gasteiger partial charge < -0.3 is 19.7 Å². The number of rotatable bonds is 12. The van der Waals surface area contributed by atoms with Gasteiger partial charge in [0.2, 0.25) is 28.6 Å². The molecule has 0 aromatic heterocycles. The van der Waals surface area contributed by atoms with Crippen LogP contribution < -0.4 is 19.1 Å². The largest absolute Gasteiger partial charge is 0.454 e. The van der Waals surface area contributed by atoms with E-state index in [2.05, 4.69) is 5.32 Å². The van der Waals surface area contributed by atoms with Crippen molar-refractivity contribution in [2.75, 3.05) is 30.4 Å². The summed E-state index contributed by atoms with van der Waals surface area (Å²) in [5.74, 6) is 0.896. The third kappa shape index (κ3) is 7.85. The average molecular weight is 532 g/mol. The van der Waals surface area contributed by atoms with Crippen molar-refractivity contribution < 1.29 is 27.5 Å². The van der Waals surface area contributed by atoms with Crippen molar-refractivity contribution in [1.82, 2.24) is 10.2 Å². The van der Waals surface area contributed by atoms with E-state index in [0.29, 0.717) is 23.7 Å². The van der Waals surface area contributed by atoms with E-state index in [1.165, 1.54) is 4.31 Å². The topological polar surface area (TPSA) is 105 Å². The maximum Gasteiger partial charge on any atom is 0.242 e. The summed E-state index contributed by atoms with van der Waals surface area (Å²) in [5.41, 5.74) is 2.43. The van der Waals surface area contributed by atoms with Crippen molar-refractivity contribution in [1.29, 1.82) is 0 Å². The number of fused-ring (bicyclic) bond motifs is 1. The highest BCUT2D eigenvalue weighted by Gasteiger charge is 2.27. The second-order valence-electron chi connectivity index (χ2n) is 9.80. The van der Waals surface area contributed by atoms with Crippen LogP contribution in [0.5, 0.6) is 11.5 Å². The number of hydrogen-bond acceptors (Lipinski definition) is 6. The smallest absolute Gasteiger partial charge is 0.242 e. The molecule has 1 aliphatic heterocycles. The van der Waals surface area contributed by atoms with Crippen LogP contribution in [0, 0.1) is 12.8 Å². The fourth-order valence-corrected chi connectivity index (χ4v) is 5.04. The van der Waals surface area contributed by atoms with Crippen LogP contribution in [-0.2, 0) is 26.2 Å². The molecule has 10 heteroatoms. The van der Waals surface area contributed by atoms with Gasteiger partial charge in [-0.1, -0.05) is 43.7 Å². The Labute approximate surface area is 219 Å². The normalized spacial score (nSPS) is 13.4. The maximum atomic E-state index is 13.4. The zero-order valence-electron chi connectivity index (χ0n) is 22.2. The molecule has 2 aromatic rings. The van der Waals surface area contributed by atoms with Gasteiger partial charge in [-0.2, -0.15) is 0 Å². The molecule has 1 heterocycles. The minimum absolute atomic E-state index is 0.0875. The summed E-state index contributed by atoms with van der Waals surface area (Å²) in [6.07, 6.45) is 1.50. The van der Waals surface area contributed by atoms with Crippen LogP contribution in [0.25, 0.3) is 0 Å². The molecule has 0 radical (unpaired) electrons. The highest BCUT2D eigenvalue weighted by Crippen LogP contribution is 2.36. The standard InChI is InChI=1S/C27H37N3O6S/c1-19(2)16-28-27(32)21(4)29(17-22-9-6-8-20(3)14-22)26(31)10-7-13-30(37(5,33)34)23-11-12-24-25(15-23)36-18-35-24/h6,8-9,11-12,14-15,19,21H,7,10,13,16-18H2,1-5H3,(H,28,32). The molecule has 0 spiro atoms. The zero-order valence-corrected chi connectivity index (χ0v) is 23.0. The summed E-state index contributed by atoms with van der Waals surface area (Å²) < 4.78 is 37.0. The Morgan fingerprint density at radius 1 is 1.05 bits per heavy atom. The van der Waals surface area contributed by atoms with Gasteiger partial charge in [0.25, 0.3) is 0 Å². The lowest BCUT2D eigenvalue weighted by Gasteiger charge is -2.30. The first-order chi connectivity index (χ1) is 17.5. The molecule has 37 heavy (non-hydrogen) atoms. The minimum Gasteiger partial charge on any atom is -0.454 e. The molecule has 2 amide bonds. The Balaban J connectivity index is 1.72. The molecule has 0 fully saturated rings. The van der Waals surface area contributed by atoms with Gasteiger partial charge in [0.1, 0.15) is 6.04 Å². The Bertz CT molecular complexity index is 1210. The van der Waals surface area contributed by atoms with Gasteiger partial charge >= 0.3 is 0 Å². The molecular weight excluding hydrogens is 494 g/mol. The molecule has 0 saturated heterocycles. The molecule has 1 aliphatic rings. The number of sulfonamides is 1. The first-order valence-corrected chi connectivity index (χ1v) is 14.3. The second kappa shape index (κ2) is 12.3. The van der Waals surface area contributed by atoms with Crippen molar-refractivity contribution >= 4 is 27.5 Å². The molecule has 0 bridgehead atoms. The summed E-state index contributed by atoms with van der Waals surface area (Å²) in [6.45, 7) is 8.72. The zero-order chi connectivity index (χ0) is 27.2. The minimum atomic E-state index is -3.60. The van der Waals surface area contributed by atoms with Crippen molar-refractivity contribution in [3.63, 3.8) is 0 Å². The van der Waals surface area contributed by atoms with Crippen LogP contribution in [0.4, 0.5) is 5.69 Å². The Morgan fingerprint density at radius 3 is 2.46 bits per heavy atom. The highest BCUT2D eigenvalue weighted by molar-refractivity contribution is 7.92. The van der Waals surface area contributed by atoms with Gasteiger partial charge in [-0.15, -0.1) is 0 Å². The number of anilines is 1. The Morgan fingerprint density at radius 2 is 1.78 bits per heavy atom. The van der Waals surface area contributed by atoms with Crippen molar-refractivity contribution in [3.05, 3.63) is 53.6 Å². The summed E-state index contributed by atoms with van der Waals surface area (Å²) in [7, 11) is -3.60. The molecule has 9 nitrogen and oxygen atoms in total. The molecule has 0 saturated carbocycles. The molecule has 1 atom stereocenters. The predicted molar refractivity (Wildman–Crippen MR) is 143 cm³/mol. The van der Waals surface area contributed by atoms with Gasteiger partial charge in [-0.3, -0.25) is 13.9 Å². The van der Waals surface area contributed by atoms with E-state index in [-0.39, 0.29) is 50.5 Å². The van der Waals surface area contributed by atoms with Crippen LogP contribution in [0.1, 0.15) is 44.7 Å². The first-order valence-electron chi connectivity index (χ1n) is 12.5. The summed E-state index contributed by atoms with van der Waals surface area (Å²) in [5, 5.41) is 2.91. The van der Waals surface area contributed by atoms with Crippen molar-refractivity contribution in [2.45, 2.75) is 53.1 Å². The molecule has 202 valence electrons. The SMILES string of the molecule is Cc1cccc(CN(C(=O)CCCN(c2ccc3c(c2)OCO3)S(C)(=O)=O)C(C)C(=O)NCC(C)C)c1. The van der Waals surface area contributed by atoms with Crippen LogP contribution >= 0.6 is 0 Å². The second-order valence-corrected chi connectivity index (χ2v) is 11.7. The number of carbonyl (C=O) groups excluding carboxylic acids is 2. The lowest BCUT2D eigenvalue weighted by Crippen LogP contribution is -2.48. The average Bonchev–Trinajstić information content (AvgIpc) is 3.30. The third-order valence-electron chi connectivity index (χ3n) is 6.08. The molecule has 2 aromatic carbocycles. The van der Waals surface area contributed by atoms with Gasteiger partial charge in [-0.25, -0.2) is 8.42 Å². The molecule has 1 unspecified atom stereocenters. The van der Waals surface area contributed by atoms with E-state index < -0.39 is 16.1 Å². The van der Waals surface area contributed by atoms with Gasteiger partial charge in [0.15, 0.2) is 11.5 Å². The van der Waals surface area contributed by atoms with Crippen molar-refractivity contribution in [2.24, 2.45) is 5.92 Å². The maximum absolute atomic E-state index is 13.4. The Hall–Kier alpha value is -3.27. The fourth-order valence-electron chi connectivity index (χ4n) is 4.09. The monoisotopic (exact) mass is 531 g/mol. The van der Waals surface area contributed by atoms with E-state index in [1.54, 1.807) is 30.0 Å². The van der Waals surface area contributed by atoms with E-state index >= 15 is 0 Å². The van der Waals surface area contributed by atoms with Crippen molar-refractivity contribution in [3.8, 4) is 11.5 Å². The number of aryl methyl sites for hydroxylation is 1. The lowest BCUT2D eigenvalue weighted by atomic mass is 10.1. The first kappa shape index (κ1) is 28.3. The fraction of sp³-hybridized carbons (Fsp3) is 0.481. The predicted octanol–water partition coefficient (Wildman–Crippen LogP) is 3.46. The summed E-state index contributed by atoms with van der Waals surface area (Å²) >= 11 is 0. The molecule has 0 aliphatic carbocycles. The number of nitrogens with zero attached hydrogens (tertiary/aromatic N) is 2. The quantitative estimate of drug-likeness (QED) is 0.450. The van der Waals surface area contributed by atoms with E-state index in [0.717, 1.165) is 17.4 Å². The molecular formula is C27H37N3O6S. The van der Waals surface area contributed by atoms with Crippen LogP contribution in [-0.4, -0.2) is 57.3 Å². The van der Waals surface area contributed by atoms with Crippen LogP contribution in [0.2, 0.25) is 0 Å². The van der Waals surface area contributed by atoms with Crippen LogP contribution in [0.15, 0.2) is 42.5 Å². The number of nitrogens with one attached hydrogen (secondary N) is 1. The molecule has 1 N–H and O–H groups in total. The Kier molecular flexibility index (Phi) is 9.42. The summed E-state index contributed by atoms with van der Waals surface area (Å²) in [4.78, 5) is 27.8. The number of hydrogen-bond donors (Lipinski definition) is 1. The van der Waals surface area contributed by atoms with Gasteiger partial charge in [0, 0.05) is 32.1 Å². The van der Waals surface area contributed by atoms with Crippen LogP contribution in [0.3, 0.4) is 0 Å². The van der Waals surface area contributed by atoms with E-state index in [1.807, 2.05) is 45.0 Å². The van der Waals surface area contributed by atoms with Gasteiger partial charge in [-0.05, 0) is 43.9 Å².